The van der Waals surface area contributed by atoms with Crippen molar-refractivity contribution < 1.29 is 13.9 Å². The van der Waals surface area contributed by atoms with E-state index >= 15 is 0 Å². The summed E-state index contributed by atoms with van der Waals surface area (Å²) in [5, 5.41) is 4.83. The van der Waals surface area contributed by atoms with Gasteiger partial charge in [0, 0.05) is 29.8 Å². The lowest BCUT2D eigenvalue weighted by molar-refractivity contribution is -0.123. The highest BCUT2D eigenvalue weighted by Gasteiger charge is 2.25. The van der Waals surface area contributed by atoms with Crippen molar-refractivity contribution in [3.8, 4) is 22.7 Å². The molecule has 1 aromatic heterocycles. The van der Waals surface area contributed by atoms with Crippen LogP contribution < -0.4 is 10.5 Å². The predicted molar refractivity (Wildman–Crippen MR) is 117 cm³/mol. The molecule has 0 spiro atoms. The fraction of sp³-hybridized carbons (Fsp3) is 0.333. The van der Waals surface area contributed by atoms with Gasteiger partial charge in [-0.3, -0.25) is 9.69 Å². The smallest absolute Gasteiger partial charge is 0.220 e. The monoisotopic (exact) mass is 422 g/mol. The van der Waals surface area contributed by atoms with Gasteiger partial charge in [-0.15, -0.1) is 0 Å². The number of carbonyl (C=O) groups excluding carboxylic acids is 1. The van der Waals surface area contributed by atoms with Crippen molar-refractivity contribution in [2.24, 2.45) is 11.7 Å². The van der Waals surface area contributed by atoms with E-state index in [2.05, 4.69) is 4.90 Å². The molecular formula is C24H27FN4O2. The molecule has 0 unspecified atom stereocenters. The van der Waals surface area contributed by atoms with E-state index < -0.39 is 5.82 Å². The van der Waals surface area contributed by atoms with Gasteiger partial charge in [-0.25, -0.2) is 9.07 Å². The number of carbonyl (C=O) groups is 1. The molecule has 0 atom stereocenters. The van der Waals surface area contributed by atoms with Crippen LogP contribution >= 0.6 is 0 Å². The number of piperidine rings is 1. The highest BCUT2D eigenvalue weighted by molar-refractivity contribution is 5.76. The van der Waals surface area contributed by atoms with Gasteiger partial charge in [0.1, 0.15) is 0 Å². The third-order valence-electron chi connectivity index (χ3n) is 5.96. The van der Waals surface area contributed by atoms with Crippen molar-refractivity contribution in [2.45, 2.75) is 26.3 Å². The molecule has 3 aromatic rings. The number of primary amides is 1. The molecular weight excluding hydrogens is 395 g/mol. The molecule has 1 aliphatic rings. The highest BCUT2D eigenvalue weighted by atomic mass is 19.1. The normalized spacial score (nSPS) is 15.2. The van der Waals surface area contributed by atoms with E-state index in [1.165, 1.54) is 13.2 Å². The zero-order chi connectivity index (χ0) is 22.0. The number of aryl methyl sites for hydroxylation is 1. The maximum Gasteiger partial charge on any atom is 0.220 e. The fourth-order valence-electron chi connectivity index (χ4n) is 4.14. The van der Waals surface area contributed by atoms with E-state index in [1.807, 2.05) is 48.1 Å². The molecule has 1 fully saturated rings. The molecule has 2 heterocycles. The quantitative estimate of drug-likeness (QED) is 0.658. The highest BCUT2D eigenvalue weighted by Crippen LogP contribution is 2.30. The van der Waals surface area contributed by atoms with Gasteiger partial charge in [-0.1, -0.05) is 18.2 Å². The number of hydrogen-bond donors (Lipinski definition) is 1. The molecule has 2 aromatic carbocycles. The van der Waals surface area contributed by atoms with E-state index in [-0.39, 0.29) is 17.6 Å². The Labute approximate surface area is 181 Å². The SMILES string of the molecule is COc1ccc(-c2nn(-c3ccccc3C)cc2CN2CCC(C(N)=O)CC2)cc1F. The average molecular weight is 423 g/mol. The third-order valence-corrected chi connectivity index (χ3v) is 5.96. The fourth-order valence-corrected chi connectivity index (χ4v) is 4.14. The number of ether oxygens (including phenoxy) is 1. The van der Waals surface area contributed by atoms with Crippen LogP contribution in [0, 0.1) is 18.7 Å². The Bertz CT molecular complexity index is 1090. The van der Waals surface area contributed by atoms with Gasteiger partial charge in [-0.2, -0.15) is 5.10 Å². The largest absolute Gasteiger partial charge is 0.494 e. The minimum Gasteiger partial charge on any atom is -0.494 e. The summed E-state index contributed by atoms with van der Waals surface area (Å²) in [7, 11) is 1.45. The molecule has 162 valence electrons. The molecule has 1 saturated heterocycles. The molecule has 0 aliphatic carbocycles. The lowest BCUT2D eigenvalue weighted by Crippen LogP contribution is -2.38. The first-order chi connectivity index (χ1) is 15.0. The number of nitrogens with zero attached hydrogens (tertiary/aromatic N) is 3. The molecule has 4 rings (SSSR count). The van der Waals surface area contributed by atoms with Gasteiger partial charge >= 0.3 is 0 Å². The molecule has 1 aliphatic heterocycles. The van der Waals surface area contributed by atoms with Crippen molar-refractivity contribution in [3.63, 3.8) is 0 Å². The summed E-state index contributed by atoms with van der Waals surface area (Å²) < 4.78 is 21.3. The first-order valence-corrected chi connectivity index (χ1v) is 10.5. The van der Waals surface area contributed by atoms with E-state index in [4.69, 9.17) is 15.6 Å². The summed E-state index contributed by atoms with van der Waals surface area (Å²) in [5.41, 5.74) is 10.00. The zero-order valence-corrected chi connectivity index (χ0v) is 17.8. The predicted octanol–water partition coefficient (Wildman–Crippen LogP) is 3.69. The second-order valence-electron chi connectivity index (χ2n) is 8.04. The molecule has 1 amide bonds. The summed E-state index contributed by atoms with van der Waals surface area (Å²) in [6.07, 6.45) is 3.53. The van der Waals surface area contributed by atoms with Gasteiger partial charge in [-0.05, 0) is 62.7 Å². The maximum absolute atomic E-state index is 14.4. The molecule has 7 heteroatoms. The maximum atomic E-state index is 14.4. The molecule has 0 saturated carbocycles. The number of nitrogens with two attached hydrogens (primary N) is 1. The van der Waals surface area contributed by atoms with Gasteiger partial charge in [0.2, 0.25) is 5.91 Å². The number of methoxy groups -OCH3 is 1. The first-order valence-electron chi connectivity index (χ1n) is 10.5. The first kappa shape index (κ1) is 21.1. The van der Waals surface area contributed by atoms with E-state index in [0.29, 0.717) is 12.1 Å². The van der Waals surface area contributed by atoms with Crippen LogP contribution in [0.5, 0.6) is 5.75 Å². The lowest BCUT2D eigenvalue weighted by atomic mass is 9.96. The number of hydrogen-bond acceptors (Lipinski definition) is 4. The van der Waals surface area contributed by atoms with Crippen molar-refractivity contribution in [3.05, 3.63) is 65.6 Å². The van der Waals surface area contributed by atoms with Crippen LogP contribution in [-0.2, 0) is 11.3 Å². The Morgan fingerprint density at radius 1 is 1.23 bits per heavy atom. The minimum absolute atomic E-state index is 0.0545. The summed E-state index contributed by atoms with van der Waals surface area (Å²) in [5.74, 6) is -0.488. The van der Waals surface area contributed by atoms with Crippen LogP contribution in [-0.4, -0.2) is 40.8 Å². The molecule has 2 N–H and O–H groups in total. The molecule has 31 heavy (non-hydrogen) atoms. The van der Waals surface area contributed by atoms with Gasteiger partial charge < -0.3 is 10.5 Å². The van der Waals surface area contributed by atoms with Crippen molar-refractivity contribution in [1.29, 1.82) is 0 Å². The average Bonchev–Trinajstić information content (AvgIpc) is 3.17. The molecule has 6 nitrogen and oxygen atoms in total. The van der Waals surface area contributed by atoms with E-state index in [1.54, 1.807) is 6.07 Å². The summed E-state index contributed by atoms with van der Waals surface area (Å²) >= 11 is 0. The van der Waals surface area contributed by atoms with Crippen molar-refractivity contribution in [1.82, 2.24) is 14.7 Å². The van der Waals surface area contributed by atoms with E-state index in [0.717, 1.165) is 48.4 Å². The summed E-state index contributed by atoms with van der Waals surface area (Å²) in [6.45, 7) is 4.29. The topological polar surface area (TPSA) is 73.4 Å². The number of likely N-dealkylation sites (tertiary alicyclic amines) is 1. The second kappa shape index (κ2) is 8.89. The van der Waals surface area contributed by atoms with Crippen LogP contribution in [0.3, 0.4) is 0 Å². The second-order valence-corrected chi connectivity index (χ2v) is 8.04. The number of benzene rings is 2. The number of rotatable bonds is 6. The number of halogens is 1. The van der Waals surface area contributed by atoms with Crippen molar-refractivity contribution >= 4 is 5.91 Å². The van der Waals surface area contributed by atoms with Crippen LogP contribution in [0.4, 0.5) is 4.39 Å². The summed E-state index contributed by atoms with van der Waals surface area (Å²) in [4.78, 5) is 13.8. The van der Waals surface area contributed by atoms with Gasteiger partial charge in [0.15, 0.2) is 11.6 Å². The van der Waals surface area contributed by atoms with Crippen LogP contribution in [0.25, 0.3) is 16.9 Å². The Kier molecular flexibility index (Phi) is 6.04. The Morgan fingerprint density at radius 3 is 2.61 bits per heavy atom. The van der Waals surface area contributed by atoms with Crippen LogP contribution in [0.15, 0.2) is 48.7 Å². The molecule has 0 radical (unpaired) electrons. The number of para-hydroxylation sites is 1. The standard InChI is InChI=1S/C24H27FN4O2/c1-16-5-3-4-6-21(16)29-15-19(14-28-11-9-17(10-12-28)24(26)30)23(27-29)18-7-8-22(31-2)20(25)13-18/h3-8,13,15,17H,9-12,14H2,1-2H3,(H2,26,30). The van der Waals surface area contributed by atoms with Crippen LogP contribution in [0.1, 0.15) is 24.0 Å². The molecule has 0 bridgehead atoms. The number of amides is 1. The van der Waals surface area contributed by atoms with E-state index in [9.17, 15) is 9.18 Å². The zero-order valence-electron chi connectivity index (χ0n) is 17.8. The third kappa shape index (κ3) is 4.46. The van der Waals surface area contributed by atoms with Crippen LogP contribution in [0.2, 0.25) is 0 Å². The Hall–Kier alpha value is -3.19. The van der Waals surface area contributed by atoms with Gasteiger partial charge in [0.05, 0.1) is 18.5 Å². The van der Waals surface area contributed by atoms with Gasteiger partial charge in [0.25, 0.3) is 0 Å². The lowest BCUT2D eigenvalue weighted by Gasteiger charge is -2.30. The minimum atomic E-state index is -0.418. The summed E-state index contributed by atoms with van der Waals surface area (Å²) in [6, 6.07) is 12.9. The Balaban J connectivity index is 1.68. The Morgan fingerprint density at radius 2 is 1.97 bits per heavy atom. The van der Waals surface area contributed by atoms with Crippen molar-refractivity contribution in [2.75, 3.05) is 20.2 Å². The number of aromatic nitrogens is 2.